The highest BCUT2D eigenvalue weighted by molar-refractivity contribution is 14.0. The minimum Gasteiger partial charge on any atom is -0.450 e. The van der Waals surface area contributed by atoms with Crippen molar-refractivity contribution in [1.82, 2.24) is 15.5 Å². The third kappa shape index (κ3) is 7.51. The fourth-order valence-corrected chi connectivity index (χ4v) is 2.84. The van der Waals surface area contributed by atoms with Crippen LogP contribution < -0.4 is 10.6 Å². The van der Waals surface area contributed by atoms with Gasteiger partial charge in [-0.3, -0.25) is 0 Å². The van der Waals surface area contributed by atoms with E-state index < -0.39 is 0 Å². The molecule has 8 heteroatoms. The van der Waals surface area contributed by atoms with Crippen LogP contribution in [0.4, 0.5) is 9.18 Å². The van der Waals surface area contributed by atoms with Gasteiger partial charge in [0, 0.05) is 25.7 Å². The number of piperidine rings is 1. The van der Waals surface area contributed by atoms with Crippen molar-refractivity contribution in [3.63, 3.8) is 0 Å². The van der Waals surface area contributed by atoms with E-state index in [1.54, 1.807) is 17.9 Å². The maximum absolute atomic E-state index is 13.7. The topological polar surface area (TPSA) is 66.0 Å². The monoisotopic (exact) mass is 492 g/mol. The third-order valence-electron chi connectivity index (χ3n) is 4.36. The Morgan fingerprint density at radius 1 is 1.33 bits per heavy atom. The number of ether oxygens (including phenoxy) is 1. The molecular weight excluding hydrogens is 462 g/mol. The smallest absolute Gasteiger partial charge is 0.409 e. The first-order valence-electron chi connectivity index (χ1n) is 9.25. The standard InChI is InChI=1S/C19H29FN4O2.HI/c1-4-21-18(22-13-15-7-6-14(3)17(20)12-15)23-16-8-10-24(11-9-16)19(25)26-5-2;/h6-7,12,16H,4-5,8-11,13H2,1-3H3,(H2,21,22,23);1H. The predicted octanol–water partition coefficient (Wildman–Crippen LogP) is 3.43. The van der Waals surface area contributed by atoms with Crippen LogP contribution in [0.1, 0.15) is 37.8 Å². The third-order valence-corrected chi connectivity index (χ3v) is 4.36. The van der Waals surface area contributed by atoms with Crippen LogP contribution >= 0.6 is 24.0 Å². The molecule has 0 spiro atoms. The van der Waals surface area contributed by atoms with Crippen LogP contribution in [0, 0.1) is 12.7 Å². The second-order valence-electron chi connectivity index (χ2n) is 6.38. The van der Waals surface area contributed by atoms with Gasteiger partial charge in [-0.25, -0.2) is 14.2 Å². The Morgan fingerprint density at radius 3 is 2.63 bits per heavy atom. The highest BCUT2D eigenvalue weighted by Crippen LogP contribution is 2.12. The normalized spacial score (nSPS) is 15.1. The number of hydrogen-bond acceptors (Lipinski definition) is 3. The summed E-state index contributed by atoms with van der Waals surface area (Å²) in [4.78, 5) is 18.0. The summed E-state index contributed by atoms with van der Waals surface area (Å²) in [6.07, 6.45) is 1.43. The van der Waals surface area contributed by atoms with Gasteiger partial charge in [0.2, 0.25) is 0 Å². The van der Waals surface area contributed by atoms with E-state index in [0.717, 1.165) is 24.9 Å². The zero-order valence-corrected chi connectivity index (χ0v) is 18.6. The molecule has 0 saturated carbocycles. The molecule has 1 aliphatic rings. The number of hydrogen-bond donors (Lipinski definition) is 2. The zero-order valence-electron chi connectivity index (χ0n) is 16.3. The van der Waals surface area contributed by atoms with Crippen molar-refractivity contribution < 1.29 is 13.9 Å². The molecule has 152 valence electrons. The molecule has 1 aromatic carbocycles. The summed E-state index contributed by atoms with van der Waals surface area (Å²) in [7, 11) is 0. The number of guanidine groups is 1. The minimum atomic E-state index is -0.243. The van der Waals surface area contributed by atoms with Crippen molar-refractivity contribution in [2.45, 2.75) is 46.2 Å². The Kier molecular flexibility index (Phi) is 10.4. The Labute approximate surface area is 178 Å². The lowest BCUT2D eigenvalue weighted by molar-refractivity contribution is 0.0963. The Hall–Kier alpha value is -1.58. The van der Waals surface area contributed by atoms with E-state index in [9.17, 15) is 9.18 Å². The lowest BCUT2D eigenvalue weighted by Crippen LogP contribution is -2.49. The molecule has 1 amide bonds. The van der Waals surface area contributed by atoms with E-state index in [0.29, 0.717) is 37.8 Å². The van der Waals surface area contributed by atoms with E-state index >= 15 is 0 Å². The molecule has 6 nitrogen and oxygen atoms in total. The van der Waals surface area contributed by atoms with Gasteiger partial charge in [0.05, 0.1) is 13.2 Å². The van der Waals surface area contributed by atoms with Crippen molar-refractivity contribution in [1.29, 1.82) is 0 Å². The Balaban J connectivity index is 0.00000364. The number of aliphatic imine (C=N–C) groups is 1. The number of benzene rings is 1. The fraction of sp³-hybridized carbons (Fsp3) is 0.579. The molecule has 0 aromatic heterocycles. The van der Waals surface area contributed by atoms with Crippen LogP contribution in [0.5, 0.6) is 0 Å². The van der Waals surface area contributed by atoms with Crippen molar-refractivity contribution in [2.75, 3.05) is 26.2 Å². The summed E-state index contributed by atoms with van der Waals surface area (Å²) in [5.41, 5.74) is 1.47. The van der Waals surface area contributed by atoms with Gasteiger partial charge >= 0.3 is 6.09 Å². The number of amides is 1. The van der Waals surface area contributed by atoms with Crippen LogP contribution in [0.15, 0.2) is 23.2 Å². The molecule has 1 aromatic rings. The van der Waals surface area contributed by atoms with Gasteiger partial charge in [-0.05, 0) is 50.8 Å². The zero-order chi connectivity index (χ0) is 18.9. The molecule has 27 heavy (non-hydrogen) atoms. The highest BCUT2D eigenvalue weighted by Gasteiger charge is 2.24. The van der Waals surface area contributed by atoms with Crippen LogP contribution in [0.3, 0.4) is 0 Å². The molecule has 2 rings (SSSR count). The molecule has 0 aliphatic carbocycles. The molecule has 1 aliphatic heterocycles. The minimum absolute atomic E-state index is 0. The van der Waals surface area contributed by atoms with Gasteiger partial charge < -0.3 is 20.3 Å². The summed E-state index contributed by atoms with van der Waals surface area (Å²) in [6, 6.07) is 5.43. The second kappa shape index (κ2) is 12.0. The Bertz CT molecular complexity index is 634. The second-order valence-corrected chi connectivity index (χ2v) is 6.38. The van der Waals surface area contributed by atoms with Crippen molar-refractivity contribution in [2.24, 2.45) is 4.99 Å². The fourth-order valence-electron chi connectivity index (χ4n) is 2.84. The van der Waals surface area contributed by atoms with E-state index in [2.05, 4.69) is 15.6 Å². The van der Waals surface area contributed by atoms with Crippen LogP contribution in [0.25, 0.3) is 0 Å². The molecule has 0 radical (unpaired) electrons. The first-order valence-corrected chi connectivity index (χ1v) is 9.25. The number of carbonyl (C=O) groups is 1. The molecule has 2 N–H and O–H groups in total. The molecule has 1 saturated heterocycles. The van der Waals surface area contributed by atoms with Crippen LogP contribution in [-0.2, 0) is 11.3 Å². The summed E-state index contributed by atoms with van der Waals surface area (Å²) in [5, 5.41) is 6.63. The van der Waals surface area contributed by atoms with E-state index in [-0.39, 0.29) is 41.9 Å². The van der Waals surface area contributed by atoms with Gasteiger partial charge in [-0.2, -0.15) is 0 Å². The molecular formula is C19H30FIN4O2. The van der Waals surface area contributed by atoms with Gasteiger partial charge in [0.1, 0.15) is 5.82 Å². The lowest BCUT2D eigenvalue weighted by atomic mass is 10.1. The largest absolute Gasteiger partial charge is 0.450 e. The molecule has 1 heterocycles. The summed E-state index contributed by atoms with van der Waals surface area (Å²) < 4.78 is 18.7. The number of likely N-dealkylation sites (tertiary alicyclic amines) is 1. The van der Waals surface area contributed by atoms with E-state index in [4.69, 9.17) is 4.74 Å². The van der Waals surface area contributed by atoms with Crippen molar-refractivity contribution in [3.8, 4) is 0 Å². The average Bonchev–Trinajstić information content (AvgIpc) is 2.63. The van der Waals surface area contributed by atoms with Crippen molar-refractivity contribution >= 4 is 36.0 Å². The molecule has 1 fully saturated rings. The predicted molar refractivity (Wildman–Crippen MR) is 116 cm³/mol. The lowest BCUT2D eigenvalue weighted by Gasteiger charge is -2.32. The number of nitrogens with one attached hydrogen (secondary N) is 2. The summed E-state index contributed by atoms with van der Waals surface area (Å²) >= 11 is 0. The summed E-state index contributed by atoms with van der Waals surface area (Å²) in [5.74, 6) is 0.505. The molecule has 0 bridgehead atoms. The molecule has 0 atom stereocenters. The first kappa shape index (κ1) is 23.5. The highest BCUT2D eigenvalue weighted by atomic mass is 127. The maximum atomic E-state index is 13.7. The van der Waals surface area contributed by atoms with E-state index in [1.807, 2.05) is 19.9 Å². The van der Waals surface area contributed by atoms with Gasteiger partial charge in [0.25, 0.3) is 0 Å². The van der Waals surface area contributed by atoms with Gasteiger partial charge in [-0.1, -0.05) is 12.1 Å². The SMILES string of the molecule is CCNC(=NCc1ccc(C)c(F)c1)NC1CCN(C(=O)OCC)CC1.I. The Morgan fingerprint density at radius 2 is 2.04 bits per heavy atom. The number of nitrogens with zero attached hydrogens (tertiary/aromatic N) is 2. The summed E-state index contributed by atoms with van der Waals surface area (Å²) in [6.45, 7) is 8.45. The first-order chi connectivity index (χ1) is 12.5. The number of carbonyl (C=O) groups excluding carboxylic acids is 1. The number of rotatable bonds is 5. The molecule has 0 unspecified atom stereocenters. The van der Waals surface area contributed by atoms with Crippen molar-refractivity contribution in [3.05, 3.63) is 35.1 Å². The number of aryl methyl sites for hydroxylation is 1. The van der Waals surface area contributed by atoms with Crippen LogP contribution in [-0.4, -0.2) is 49.2 Å². The van der Waals surface area contributed by atoms with Crippen LogP contribution in [0.2, 0.25) is 0 Å². The van der Waals surface area contributed by atoms with Gasteiger partial charge in [-0.15, -0.1) is 24.0 Å². The average molecular weight is 492 g/mol. The number of halogens is 2. The van der Waals surface area contributed by atoms with Gasteiger partial charge in [0.15, 0.2) is 5.96 Å². The maximum Gasteiger partial charge on any atom is 0.409 e. The van der Waals surface area contributed by atoms with E-state index in [1.165, 1.54) is 6.07 Å². The quantitative estimate of drug-likeness (QED) is 0.376.